The predicted molar refractivity (Wildman–Crippen MR) is 133 cm³/mol. The molecule has 0 bridgehead atoms. The van der Waals surface area contributed by atoms with Gasteiger partial charge >= 0.3 is 201 Å². The van der Waals surface area contributed by atoms with Crippen molar-refractivity contribution in [1.29, 1.82) is 0 Å². The number of fused-ring (bicyclic) bond motifs is 1. The molecule has 2 aromatic carbocycles. The Morgan fingerprint density at radius 3 is 2.03 bits per heavy atom. The van der Waals surface area contributed by atoms with Crippen LogP contribution in [-0.4, -0.2) is 3.21 Å². The number of hydrogen-bond acceptors (Lipinski definition) is 0. The van der Waals surface area contributed by atoms with Crippen LogP contribution in [-0.2, 0) is 21.3 Å². The summed E-state index contributed by atoms with van der Waals surface area (Å²) >= 11 is -2.22. The first-order valence-electron chi connectivity index (χ1n) is 12.5. The third-order valence-corrected chi connectivity index (χ3v) is 16.6. The van der Waals surface area contributed by atoms with E-state index in [-0.39, 0.29) is 24.8 Å². The Kier molecular flexibility index (Phi) is 8.84. The smallest absolute Gasteiger partial charge is 1.00 e. The zero-order valence-electron chi connectivity index (χ0n) is 19.7. The van der Waals surface area contributed by atoms with Gasteiger partial charge in [-0.15, -0.1) is 0 Å². The van der Waals surface area contributed by atoms with E-state index < -0.39 is 21.3 Å². The van der Waals surface area contributed by atoms with Crippen molar-refractivity contribution in [1.82, 2.24) is 0 Å². The van der Waals surface area contributed by atoms with E-state index in [0.29, 0.717) is 0 Å². The maximum atomic E-state index is 2.51. The fourth-order valence-electron chi connectivity index (χ4n) is 6.57. The van der Waals surface area contributed by atoms with Crippen molar-refractivity contribution in [2.75, 3.05) is 0 Å². The Labute approximate surface area is 224 Å². The van der Waals surface area contributed by atoms with Crippen LogP contribution in [0.4, 0.5) is 0 Å². The summed E-state index contributed by atoms with van der Waals surface area (Å²) in [6.45, 7) is 0. The number of rotatable bonds is 4. The zero-order valence-corrected chi connectivity index (χ0v) is 23.7. The molecule has 0 aromatic heterocycles. The summed E-state index contributed by atoms with van der Waals surface area (Å²) in [4.78, 5) is 0. The Morgan fingerprint density at radius 1 is 0.735 bits per heavy atom. The molecule has 0 saturated carbocycles. The van der Waals surface area contributed by atoms with Crippen LogP contribution < -0.4 is 24.8 Å². The maximum Gasteiger partial charge on any atom is -1.00 e. The molecule has 0 saturated heterocycles. The molecule has 0 aliphatic heterocycles. The van der Waals surface area contributed by atoms with Crippen LogP contribution in [0.3, 0.4) is 0 Å². The van der Waals surface area contributed by atoms with Gasteiger partial charge in [-0.05, 0) is 0 Å². The summed E-state index contributed by atoms with van der Waals surface area (Å²) in [5.41, 5.74) is 10.3. The third kappa shape index (κ3) is 4.86. The van der Waals surface area contributed by atoms with Crippen molar-refractivity contribution in [3.63, 3.8) is 0 Å². The first-order valence-corrected chi connectivity index (χ1v) is 16.4. The fourth-order valence-corrected chi connectivity index (χ4v) is 15.9. The molecule has 2 aromatic rings. The molecule has 4 aliphatic carbocycles. The van der Waals surface area contributed by atoms with Crippen LogP contribution in [0.15, 0.2) is 104 Å². The molecule has 4 aliphatic rings. The minimum absolute atomic E-state index is 0. The van der Waals surface area contributed by atoms with Gasteiger partial charge in [0.1, 0.15) is 0 Å². The molecule has 1 unspecified atom stereocenters. The quantitative estimate of drug-likeness (QED) is 0.533. The summed E-state index contributed by atoms with van der Waals surface area (Å²) < 4.78 is 4.36. The molecular formula is C31H32Cl2Zr. The van der Waals surface area contributed by atoms with E-state index in [1.54, 1.807) is 6.49 Å². The SMILES string of the molecule is C1=CC[C]([Zr+2](=[C](c2ccccc2)c2ccccc2)[CH]2CCCC3=C2CC2=C3CCCC2)=C1.[Cl-].[Cl-]. The number of benzene rings is 2. The van der Waals surface area contributed by atoms with E-state index in [9.17, 15) is 0 Å². The average molecular weight is 567 g/mol. The summed E-state index contributed by atoms with van der Waals surface area (Å²) in [6.07, 6.45) is 19.4. The number of allylic oxidation sites excluding steroid dienone is 8. The molecule has 0 radical (unpaired) electrons. The van der Waals surface area contributed by atoms with Crippen LogP contribution in [0.25, 0.3) is 0 Å². The van der Waals surface area contributed by atoms with E-state index in [1.807, 2.05) is 22.3 Å². The van der Waals surface area contributed by atoms with Gasteiger partial charge in [-0.25, -0.2) is 0 Å². The minimum atomic E-state index is -2.22. The summed E-state index contributed by atoms with van der Waals surface area (Å²) in [5.74, 6) is 0. The Bertz CT molecular complexity index is 1140. The molecule has 34 heavy (non-hydrogen) atoms. The van der Waals surface area contributed by atoms with Crippen LogP contribution in [0.5, 0.6) is 0 Å². The van der Waals surface area contributed by atoms with E-state index >= 15 is 0 Å². The Balaban J connectivity index is 0.00000137. The third-order valence-electron chi connectivity index (χ3n) is 7.94. The molecule has 0 fully saturated rings. The summed E-state index contributed by atoms with van der Waals surface area (Å²) in [6, 6.07) is 22.8. The fraction of sp³-hybridized carbons (Fsp3) is 0.323. The minimum Gasteiger partial charge on any atom is -1.00 e. The first-order chi connectivity index (χ1) is 15.9. The van der Waals surface area contributed by atoms with Crippen molar-refractivity contribution >= 4 is 3.21 Å². The average Bonchev–Trinajstić information content (AvgIpc) is 3.52. The van der Waals surface area contributed by atoms with Gasteiger partial charge in [-0.1, -0.05) is 0 Å². The van der Waals surface area contributed by atoms with Gasteiger partial charge in [0.25, 0.3) is 0 Å². The van der Waals surface area contributed by atoms with Crippen molar-refractivity contribution < 1.29 is 46.1 Å². The van der Waals surface area contributed by atoms with Gasteiger partial charge in [0.2, 0.25) is 0 Å². The van der Waals surface area contributed by atoms with Gasteiger partial charge in [-0.3, -0.25) is 0 Å². The van der Waals surface area contributed by atoms with Gasteiger partial charge in [0.15, 0.2) is 0 Å². The van der Waals surface area contributed by atoms with Crippen molar-refractivity contribution in [3.05, 3.63) is 116 Å². The van der Waals surface area contributed by atoms with Crippen molar-refractivity contribution in [2.24, 2.45) is 0 Å². The van der Waals surface area contributed by atoms with Gasteiger partial charge in [-0.2, -0.15) is 0 Å². The van der Waals surface area contributed by atoms with Gasteiger partial charge in [0.05, 0.1) is 0 Å². The number of hydrogen-bond donors (Lipinski definition) is 0. The molecule has 0 amide bonds. The van der Waals surface area contributed by atoms with Crippen molar-refractivity contribution in [3.8, 4) is 0 Å². The molecule has 174 valence electrons. The van der Waals surface area contributed by atoms with Crippen LogP contribution in [0.1, 0.15) is 68.9 Å². The second-order valence-electron chi connectivity index (χ2n) is 9.76. The van der Waals surface area contributed by atoms with Crippen molar-refractivity contribution in [2.45, 2.75) is 61.4 Å². The molecule has 0 heterocycles. The standard InChI is InChI=1S/C13H17.C13H10.C5H5.2ClH.Zr/c1-3-7-12-10(5-1)9-11-6-2-4-8-13(11)12;1-3-7-12(8-4-1)11-13-9-5-2-6-10-13;1-2-4-5-3-1;;;/h5H,1-4,6-9H2;1-10H;1-3H,4H2;2*1H;/q;;;;;+2/p-2. The molecule has 0 nitrogen and oxygen atoms in total. The zero-order chi connectivity index (χ0) is 21.3. The second kappa shape index (κ2) is 11.6. The second-order valence-corrected chi connectivity index (χ2v) is 16.3. The molecule has 3 heteroatoms. The van der Waals surface area contributed by atoms with E-state index in [0.717, 1.165) is 3.63 Å². The van der Waals surface area contributed by atoms with Crippen LogP contribution in [0.2, 0.25) is 3.63 Å². The monoisotopic (exact) mass is 564 g/mol. The first kappa shape index (κ1) is 25.8. The van der Waals surface area contributed by atoms with E-state index in [2.05, 4.69) is 78.9 Å². The summed E-state index contributed by atoms with van der Waals surface area (Å²) in [7, 11) is 0. The predicted octanol–water partition coefficient (Wildman–Crippen LogP) is 2.27. The Morgan fingerprint density at radius 2 is 1.38 bits per heavy atom. The van der Waals surface area contributed by atoms with Gasteiger partial charge in [0, 0.05) is 0 Å². The van der Waals surface area contributed by atoms with Crippen LogP contribution in [0, 0.1) is 0 Å². The molecule has 0 spiro atoms. The largest absolute Gasteiger partial charge is 1.00 e. The molecule has 0 N–H and O–H groups in total. The van der Waals surface area contributed by atoms with Crippen LogP contribution >= 0.6 is 0 Å². The topological polar surface area (TPSA) is 0 Å². The maximum absolute atomic E-state index is 2.51. The van der Waals surface area contributed by atoms with Gasteiger partial charge < -0.3 is 24.8 Å². The Hall–Kier alpha value is -1.27. The summed E-state index contributed by atoms with van der Waals surface area (Å²) in [5, 5.41) is 0. The molecule has 6 rings (SSSR count). The molecular weight excluding hydrogens is 534 g/mol. The normalized spacial score (nSPS) is 20.4. The number of halogens is 2. The van der Waals surface area contributed by atoms with E-state index in [4.69, 9.17) is 0 Å². The molecule has 1 atom stereocenters. The van der Waals surface area contributed by atoms with E-state index in [1.165, 1.54) is 68.9 Å².